The van der Waals surface area contributed by atoms with Crippen LogP contribution in [-0.2, 0) is 4.79 Å². The lowest BCUT2D eigenvalue weighted by Crippen LogP contribution is -2.47. The van der Waals surface area contributed by atoms with Gasteiger partial charge in [-0.1, -0.05) is 49.8 Å². The van der Waals surface area contributed by atoms with Gasteiger partial charge < -0.3 is 5.32 Å². The number of rotatable bonds is 7. The standard InChI is InChI=1S/C21H21FN4O2S/c1-3-13(2)17(23-18(27)14-7-5-4-6-8-14)19(28)24-21-26-25-20(29-21)15-9-11-16(22)12-10-15/h4-13,17H,3H2,1-2H3,(H,23,27)(H,24,26,28)/t13-,17-/m1/s1. The molecular weight excluding hydrogens is 391 g/mol. The molecule has 6 nitrogen and oxygen atoms in total. The molecule has 0 saturated heterocycles. The zero-order chi connectivity index (χ0) is 20.8. The van der Waals surface area contributed by atoms with Crippen LogP contribution in [0.15, 0.2) is 54.6 Å². The molecule has 3 rings (SSSR count). The predicted octanol–water partition coefficient (Wildman–Crippen LogP) is 4.13. The van der Waals surface area contributed by atoms with Crippen LogP contribution in [0, 0.1) is 11.7 Å². The molecule has 0 aliphatic heterocycles. The van der Waals surface area contributed by atoms with Gasteiger partial charge in [0.1, 0.15) is 16.9 Å². The number of hydrogen-bond donors (Lipinski definition) is 2. The lowest BCUT2D eigenvalue weighted by Gasteiger charge is -2.23. The van der Waals surface area contributed by atoms with Crippen LogP contribution < -0.4 is 10.6 Å². The molecule has 0 radical (unpaired) electrons. The van der Waals surface area contributed by atoms with Gasteiger partial charge in [-0.3, -0.25) is 14.9 Å². The van der Waals surface area contributed by atoms with Gasteiger partial charge in [-0.2, -0.15) is 0 Å². The molecule has 0 aliphatic carbocycles. The highest BCUT2D eigenvalue weighted by Gasteiger charge is 2.27. The van der Waals surface area contributed by atoms with Crippen molar-refractivity contribution >= 4 is 28.3 Å². The molecule has 8 heteroatoms. The fourth-order valence-corrected chi connectivity index (χ4v) is 3.43. The summed E-state index contributed by atoms with van der Waals surface area (Å²) in [4.78, 5) is 25.3. The highest BCUT2D eigenvalue weighted by Crippen LogP contribution is 2.26. The first-order valence-corrected chi connectivity index (χ1v) is 10.1. The third-order valence-electron chi connectivity index (χ3n) is 4.56. The molecule has 2 aromatic carbocycles. The predicted molar refractivity (Wildman–Crippen MR) is 111 cm³/mol. The van der Waals surface area contributed by atoms with Crippen molar-refractivity contribution < 1.29 is 14.0 Å². The van der Waals surface area contributed by atoms with Crippen molar-refractivity contribution in [2.45, 2.75) is 26.3 Å². The van der Waals surface area contributed by atoms with Gasteiger partial charge in [0, 0.05) is 11.1 Å². The summed E-state index contributed by atoms with van der Waals surface area (Å²) in [7, 11) is 0. The van der Waals surface area contributed by atoms with E-state index in [9.17, 15) is 14.0 Å². The summed E-state index contributed by atoms with van der Waals surface area (Å²) < 4.78 is 13.1. The molecule has 0 bridgehead atoms. The summed E-state index contributed by atoms with van der Waals surface area (Å²) in [6.07, 6.45) is 0.712. The summed E-state index contributed by atoms with van der Waals surface area (Å²) in [6.45, 7) is 3.86. The topological polar surface area (TPSA) is 84.0 Å². The molecule has 0 unspecified atom stereocenters. The van der Waals surface area contributed by atoms with Crippen molar-refractivity contribution in [2.24, 2.45) is 5.92 Å². The van der Waals surface area contributed by atoms with E-state index in [-0.39, 0.29) is 23.5 Å². The number of aromatic nitrogens is 2. The number of nitrogens with zero attached hydrogens (tertiary/aromatic N) is 2. The van der Waals surface area contributed by atoms with Crippen LogP contribution in [0.25, 0.3) is 10.6 Å². The summed E-state index contributed by atoms with van der Waals surface area (Å²) in [6, 6.07) is 13.9. The molecule has 29 heavy (non-hydrogen) atoms. The number of halogens is 1. The second-order valence-corrected chi connectivity index (χ2v) is 7.59. The summed E-state index contributed by atoms with van der Waals surface area (Å²) in [5, 5.41) is 14.5. The van der Waals surface area contributed by atoms with Crippen LogP contribution >= 0.6 is 11.3 Å². The maximum atomic E-state index is 13.1. The van der Waals surface area contributed by atoms with E-state index in [1.54, 1.807) is 36.4 Å². The van der Waals surface area contributed by atoms with Gasteiger partial charge in [0.2, 0.25) is 11.0 Å². The molecule has 2 amide bonds. The largest absolute Gasteiger partial charge is 0.340 e. The van der Waals surface area contributed by atoms with Gasteiger partial charge in [-0.15, -0.1) is 10.2 Å². The Morgan fingerprint density at radius 1 is 1.07 bits per heavy atom. The first-order chi connectivity index (χ1) is 14.0. The van der Waals surface area contributed by atoms with Crippen molar-refractivity contribution in [1.82, 2.24) is 15.5 Å². The molecule has 1 heterocycles. The second-order valence-electron chi connectivity index (χ2n) is 6.61. The minimum atomic E-state index is -0.717. The Morgan fingerprint density at radius 3 is 2.41 bits per heavy atom. The van der Waals surface area contributed by atoms with Gasteiger partial charge in [0.15, 0.2) is 0 Å². The Balaban J connectivity index is 1.72. The van der Waals surface area contributed by atoms with Gasteiger partial charge >= 0.3 is 0 Å². The fourth-order valence-electron chi connectivity index (χ4n) is 2.68. The number of benzene rings is 2. The van der Waals surface area contributed by atoms with E-state index in [0.717, 1.165) is 0 Å². The molecular formula is C21H21FN4O2S. The normalized spacial score (nSPS) is 12.8. The van der Waals surface area contributed by atoms with E-state index in [2.05, 4.69) is 20.8 Å². The van der Waals surface area contributed by atoms with E-state index < -0.39 is 6.04 Å². The minimum absolute atomic E-state index is 0.0767. The number of amides is 2. The van der Waals surface area contributed by atoms with Crippen LogP contribution in [0.1, 0.15) is 30.6 Å². The van der Waals surface area contributed by atoms with Crippen LogP contribution in [0.3, 0.4) is 0 Å². The third-order valence-corrected chi connectivity index (χ3v) is 5.45. The maximum absolute atomic E-state index is 13.1. The van der Waals surface area contributed by atoms with E-state index in [4.69, 9.17) is 0 Å². The Kier molecular flexibility index (Phi) is 6.66. The Morgan fingerprint density at radius 2 is 1.76 bits per heavy atom. The highest BCUT2D eigenvalue weighted by atomic mass is 32.1. The zero-order valence-electron chi connectivity index (χ0n) is 16.1. The number of carbonyl (C=O) groups excluding carboxylic acids is 2. The van der Waals surface area contributed by atoms with Crippen LogP contribution in [0.4, 0.5) is 9.52 Å². The second kappa shape index (κ2) is 9.38. The Hall–Kier alpha value is -3.13. The summed E-state index contributed by atoms with van der Waals surface area (Å²) in [5.41, 5.74) is 1.20. The van der Waals surface area contributed by atoms with Crippen LogP contribution in [-0.4, -0.2) is 28.1 Å². The highest BCUT2D eigenvalue weighted by molar-refractivity contribution is 7.18. The van der Waals surface area contributed by atoms with E-state index >= 15 is 0 Å². The number of hydrogen-bond acceptors (Lipinski definition) is 5. The van der Waals surface area contributed by atoms with Gasteiger partial charge in [0.25, 0.3) is 5.91 Å². The van der Waals surface area contributed by atoms with Crippen molar-refractivity contribution in [3.05, 3.63) is 66.0 Å². The number of nitrogens with one attached hydrogen (secondary N) is 2. The summed E-state index contributed by atoms with van der Waals surface area (Å²) in [5.74, 6) is -1.08. The molecule has 150 valence electrons. The monoisotopic (exact) mass is 412 g/mol. The molecule has 2 atom stereocenters. The lowest BCUT2D eigenvalue weighted by molar-refractivity contribution is -0.119. The van der Waals surface area contributed by atoms with Crippen molar-refractivity contribution in [3.63, 3.8) is 0 Å². The number of carbonyl (C=O) groups is 2. The van der Waals surface area contributed by atoms with Gasteiger partial charge in [-0.05, 0) is 42.3 Å². The third kappa shape index (κ3) is 5.23. The molecule has 0 saturated carbocycles. The first kappa shape index (κ1) is 20.6. The quantitative estimate of drug-likeness (QED) is 0.611. The molecule has 2 N–H and O–H groups in total. The SMILES string of the molecule is CC[C@@H](C)[C@@H](NC(=O)c1ccccc1)C(=O)Nc1nnc(-c2ccc(F)cc2)s1. The van der Waals surface area contributed by atoms with E-state index in [1.807, 2.05) is 19.9 Å². The fraction of sp³-hybridized carbons (Fsp3) is 0.238. The molecule has 0 aliphatic rings. The van der Waals surface area contributed by atoms with Crippen molar-refractivity contribution in [3.8, 4) is 10.6 Å². The van der Waals surface area contributed by atoms with E-state index in [1.165, 1.54) is 23.5 Å². The smallest absolute Gasteiger partial charge is 0.251 e. The average Bonchev–Trinajstić information content (AvgIpc) is 3.20. The zero-order valence-corrected chi connectivity index (χ0v) is 16.9. The molecule has 0 fully saturated rings. The first-order valence-electron chi connectivity index (χ1n) is 9.24. The Labute approximate surface area is 172 Å². The molecule has 3 aromatic rings. The molecule has 1 aromatic heterocycles. The van der Waals surface area contributed by atoms with Gasteiger partial charge in [0.05, 0.1) is 0 Å². The summed E-state index contributed by atoms with van der Waals surface area (Å²) >= 11 is 1.18. The van der Waals surface area contributed by atoms with E-state index in [0.29, 0.717) is 27.7 Å². The maximum Gasteiger partial charge on any atom is 0.251 e. The lowest BCUT2D eigenvalue weighted by atomic mass is 9.98. The molecule has 0 spiro atoms. The number of anilines is 1. The minimum Gasteiger partial charge on any atom is -0.340 e. The van der Waals surface area contributed by atoms with Gasteiger partial charge in [-0.25, -0.2) is 4.39 Å². The Bertz CT molecular complexity index is 976. The average molecular weight is 412 g/mol. The van der Waals surface area contributed by atoms with Crippen molar-refractivity contribution in [2.75, 3.05) is 5.32 Å². The van der Waals surface area contributed by atoms with Crippen LogP contribution in [0.5, 0.6) is 0 Å². The van der Waals surface area contributed by atoms with Crippen molar-refractivity contribution in [1.29, 1.82) is 0 Å². The van der Waals surface area contributed by atoms with Crippen LogP contribution in [0.2, 0.25) is 0 Å².